The lowest BCUT2D eigenvalue weighted by Crippen LogP contribution is -2.56. The van der Waals surface area contributed by atoms with Crippen LogP contribution in [0.25, 0.3) is 0 Å². The molecular weight excluding hydrogens is 560 g/mol. The molecular formula is C31H48N2O6S2. The molecule has 0 saturated carbocycles. The van der Waals surface area contributed by atoms with Gasteiger partial charge in [-0.15, -0.1) is 0 Å². The van der Waals surface area contributed by atoms with Gasteiger partial charge in [0.2, 0.25) is 4.99 Å². The molecule has 0 aliphatic carbocycles. The van der Waals surface area contributed by atoms with Crippen molar-refractivity contribution in [2.75, 3.05) is 10.2 Å². The van der Waals surface area contributed by atoms with Crippen LogP contribution >= 0.6 is 0 Å². The summed E-state index contributed by atoms with van der Waals surface area (Å²) in [5.41, 5.74) is 1.31. The molecule has 0 saturated heterocycles. The molecule has 0 amide bonds. The van der Waals surface area contributed by atoms with Crippen LogP contribution in [0.5, 0.6) is 0 Å². The topological polar surface area (TPSA) is 124 Å². The van der Waals surface area contributed by atoms with Crippen molar-refractivity contribution < 1.29 is 25.9 Å². The third-order valence-corrected chi connectivity index (χ3v) is 10.4. The SMILES string of the molecule is CCCCCCCCCCCCCCCCCC1(S(=O)(=O)O)Nc2ccccc2N1Cc1ccccc1S(=O)(=O)O. The van der Waals surface area contributed by atoms with Crippen LogP contribution in [0.2, 0.25) is 0 Å². The number of benzene rings is 2. The zero-order valence-corrected chi connectivity index (χ0v) is 26.1. The molecule has 0 radical (unpaired) electrons. The molecule has 1 atom stereocenters. The fourth-order valence-electron chi connectivity index (χ4n) is 5.82. The first-order chi connectivity index (χ1) is 19.6. The summed E-state index contributed by atoms with van der Waals surface area (Å²) in [6.07, 6.45) is 17.9. The second-order valence-corrected chi connectivity index (χ2v) is 14.3. The van der Waals surface area contributed by atoms with E-state index < -0.39 is 25.2 Å². The Hall–Kier alpha value is -2.14. The summed E-state index contributed by atoms with van der Waals surface area (Å²) < 4.78 is 70.3. The van der Waals surface area contributed by atoms with E-state index in [2.05, 4.69) is 12.2 Å². The Balaban J connectivity index is 1.54. The van der Waals surface area contributed by atoms with Gasteiger partial charge in [0.25, 0.3) is 10.1 Å². The van der Waals surface area contributed by atoms with Crippen molar-refractivity contribution in [3.05, 3.63) is 54.1 Å². The summed E-state index contributed by atoms with van der Waals surface area (Å²) in [6, 6.07) is 12.9. The van der Waals surface area contributed by atoms with Crippen molar-refractivity contribution in [3.63, 3.8) is 0 Å². The summed E-state index contributed by atoms with van der Waals surface area (Å²) in [6.45, 7) is 2.10. The number of hydrogen-bond donors (Lipinski definition) is 3. The van der Waals surface area contributed by atoms with Crippen LogP contribution in [-0.4, -0.2) is 30.9 Å². The molecule has 1 aliphatic heterocycles. The zero-order chi connectivity index (χ0) is 29.8. The first-order valence-corrected chi connectivity index (χ1v) is 18.2. The van der Waals surface area contributed by atoms with Gasteiger partial charge >= 0.3 is 10.1 Å². The number of rotatable bonds is 20. The number of nitrogens with one attached hydrogen (secondary N) is 1. The molecule has 2 aromatic rings. The van der Waals surface area contributed by atoms with Crippen LogP contribution in [0.15, 0.2) is 53.4 Å². The van der Waals surface area contributed by atoms with Gasteiger partial charge in [-0.05, 0) is 30.2 Å². The maximum atomic E-state index is 13.0. The molecule has 230 valence electrons. The summed E-state index contributed by atoms with van der Waals surface area (Å²) in [7, 11) is -9.19. The van der Waals surface area contributed by atoms with Crippen molar-refractivity contribution in [1.82, 2.24) is 0 Å². The zero-order valence-electron chi connectivity index (χ0n) is 24.4. The lowest BCUT2D eigenvalue weighted by Gasteiger charge is -2.37. The van der Waals surface area contributed by atoms with Crippen LogP contribution in [0, 0.1) is 0 Å². The minimum atomic E-state index is -4.67. The Labute approximate surface area is 247 Å². The predicted molar refractivity (Wildman–Crippen MR) is 166 cm³/mol. The van der Waals surface area contributed by atoms with E-state index in [1.165, 1.54) is 93.7 Å². The van der Waals surface area contributed by atoms with E-state index in [1.54, 1.807) is 30.3 Å². The summed E-state index contributed by atoms with van der Waals surface area (Å²) in [5, 5.41) is 3.04. The van der Waals surface area contributed by atoms with Crippen molar-refractivity contribution in [2.24, 2.45) is 0 Å². The number of hydrogen-bond acceptors (Lipinski definition) is 6. The average Bonchev–Trinajstić information content (AvgIpc) is 3.25. The fourth-order valence-corrected chi connectivity index (χ4v) is 7.62. The molecule has 0 spiro atoms. The normalized spacial score (nSPS) is 17.0. The lowest BCUT2D eigenvalue weighted by atomic mass is 10.0. The first kappa shape index (κ1) is 33.4. The largest absolute Gasteiger partial charge is 0.346 e. The molecule has 41 heavy (non-hydrogen) atoms. The Morgan fingerprint density at radius 3 is 1.71 bits per heavy atom. The Bertz CT molecular complexity index is 1300. The maximum Gasteiger partial charge on any atom is 0.308 e. The number of unbranched alkanes of at least 4 members (excludes halogenated alkanes) is 14. The highest BCUT2D eigenvalue weighted by molar-refractivity contribution is 7.87. The highest BCUT2D eigenvalue weighted by Gasteiger charge is 2.53. The van der Waals surface area contributed by atoms with Gasteiger partial charge in [0, 0.05) is 13.0 Å². The molecule has 0 bridgehead atoms. The van der Waals surface area contributed by atoms with E-state index in [9.17, 15) is 25.9 Å². The lowest BCUT2D eigenvalue weighted by molar-refractivity contribution is 0.407. The molecule has 0 aromatic heterocycles. The number of nitrogens with zero attached hydrogens (tertiary/aromatic N) is 1. The maximum absolute atomic E-state index is 13.0. The van der Waals surface area contributed by atoms with Crippen LogP contribution in [0.1, 0.15) is 115 Å². The van der Waals surface area contributed by atoms with Crippen LogP contribution in [-0.2, 0) is 26.8 Å². The van der Waals surface area contributed by atoms with E-state index in [1.807, 2.05) is 0 Å². The average molecular weight is 609 g/mol. The minimum Gasteiger partial charge on any atom is -0.346 e. The van der Waals surface area contributed by atoms with Gasteiger partial charge in [0.1, 0.15) is 0 Å². The Morgan fingerprint density at radius 2 is 1.17 bits per heavy atom. The standard InChI is InChI=1S/C31H48N2O6S2/c1-2-3-4-5-6-7-8-9-10-11-12-13-14-15-20-25-31(41(37,38)39)32-28-22-17-18-23-29(28)33(31)26-27-21-16-19-24-30(27)40(34,35)36/h16-19,21-24,32H,2-15,20,25-26H2,1H3,(H,34,35,36)(H,37,38,39). The van der Waals surface area contributed by atoms with Gasteiger partial charge in [-0.25, -0.2) is 0 Å². The van der Waals surface area contributed by atoms with Gasteiger partial charge in [0.05, 0.1) is 16.3 Å². The quantitative estimate of drug-likeness (QED) is 0.102. The molecule has 8 nitrogen and oxygen atoms in total. The second kappa shape index (κ2) is 15.9. The molecule has 2 aromatic carbocycles. The molecule has 1 aliphatic rings. The Kier molecular flexibility index (Phi) is 12.9. The van der Waals surface area contributed by atoms with Crippen molar-refractivity contribution in [1.29, 1.82) is 0 Å². The van der Waals surface area contributed by atoms with Gasteiger partial charge < -0.3 is 10.2 Å². The van der Waals surface area contributed by atoms with Crippen molar-refractivity contribution in [2.45, 2.75) is 126 Å². The predicted octanol–water partition coefficient (Wildman–Crippen LogP) is 8.17. The van der Waals surface area contributed by atoms with Gasteiger partial charge in [-0.1, -0.05) is 127 Å². The molecule has 1 heterocycles. The van der Waals surface area contributed by atoms with E-state index >= 15 is 0 Å². The van der Waals surface area contributed by atoms with Gasteiger partial charge in [-0.3, -0.25) is 9.11 Å². The molecule has 1 unspecified atom stereocenters. The molecule has 3 N–H and O–H groups in total. The Morgan fingerprint density at radius 1 is 0.683 bits per heavy atom. The summed E-state index contributed by atoms with van der Waals surface area (Å²) in [5.74, 6) is 0. The minimum absolute atomic E-state index is 0.118. The van der Waals surface area contributed by atoms with Crippen LogP contribution in [0.4, 0.5) is 11.4 Å². The molecule has 10 heteroatoms. The van der Waals surface area contributed by atoms with Gasteiger partial charge in [-0.2, -0.15) is 16.8 Å². The van der Waals surface area contributed by atoms with E-state index in [4.69, 9.17) is 0 Å². The molecule has 3 rings (SSSR count). The van der Waals surface area contributed by atoms with Gasteiger partial charge in [0.15, 0.2) is 0 Å². The van der Waals surface area contributed by atoms with Crippen molar-refractivity contribution in [3.8, 4) is 0 Å². The number of para-hydroxylation sites is 2. The fraction of sp³-hybridized carbons (Fsp3) is 0.613. The monoisotopic (exact) mass is 608 g/mol. The third kappa shape index (κ3) is 9.43. The molecule has 0 fully saturated rings. The smallest absolute Gasteiger partial charge is 0.308 e. The second-order valence-electron chi connectivity index (χ2n) is 11.3. The summed E-state index contributed by atoms with van der Waals surface area (Å²) >= 11 is 0. The van der Waals surface area contributed by atoms with E-state index in [-0.39, 0.29) is 23.4 Å². The van der Waals surface area contributed by atoms with Crippen LogP contribution < -0.4 is 10.2 Å². The highest BCUT2D eigenvalue weighted by Crippen LogP contribution is 2.46. The van der Waals surface area contributed by atoms with E-state index in [0.717, 1.165) is 19.3 Å². The summed E-state index contributed by atoms with van der Waals surface area (Å²) in [4.78, 5) is -0.633. The first-order valence-electron chi connectivity index (χ1n) is 15.3. The highest BCUT2D eigenvalue weighted by atomic mass is 32.2. The third-order valence-electron chi connectivity index (χ3n) is 8.09. The van der Waals surface area contributed by atoms with Crippen molar-refractivity contribution >= 4 is 31.6 Å². The van der Waals surface area contributed by atoms with E-state index in [0.29, 0.717) is 17.8 Å². The van der Waals surface area contributed by atoms with Crippen LogP contribution in [0.3, 0.4) is 0 Å². The number of fused-ring (bicyclic) bond motifs is 1. The number of anilines is 2.